The van der Waals surface area contributed by atoms with Crippen LogP contribution in [0.3, 0.4) is 0 Å². The predicted octanol–water partition coefficient (Wildman–Crippen LogP) is 19.2. The van der Waals surface area contributed by atoms with Crippen LogP contribution in [-0.2, 0) is 42.2 Å². The fraction of sp³-hybridized carbons (Fsp3) is 0.859. The van der Waals surface area contributed by atoms with Gasteiger partial charge in [-0.3, -0.25) is 23.4 Å². The van der Waals surface area contributed by atoms with Crippen molar-refractivity contribution in [1.82, 2.24) is 0 Å². The summed E-state index contributed by atoms with van der Waals surface area (Å²) in [7, 11) is -4.75. The number of carbonyl (C=O) groups is 3. The Labute approximate surface area is 467 Å². The van der Waals surface area contributed by atoms with Crippen molar-refractivity contribution in [3.05, 3.63) is 36.5 Å². The minimum atomic E-state index is -4.75. The highest BCUT2D eigenvalue weighted by atomic mass is 31.2. The molecule has 11 nitrogen and oxygen atoms in total. The lowest BCUT2D eigenvalue weighted by molar-refractivity contribution is -0.161. The minimum Gasteiger partial charge on any atom is -0.462 e. The maximum absolute atomic E-state index is 12.9. The predicted molar refractivity (Wildman–Crippen MR) is 316 cm³/mol. The number of phosphoric acid groups is 1. The third kappa shape index (κ3) is 56.4. The van der Waals surface area contributed by atoms with Crippen molar-refractivity contribution in [2.24, 2.45) is 0 Å². The van der Waals surface area contributed by atoms with Crippen LogP contribution in [0.2, 0.25) is 0 Å². The minimum absolute atomic E-state index is 0.170. The number of aliphatic hydroxyl groups excluding tert-OH is 1. The molecule has 3 atom stereocenters. The number of ether oxygens (including phenoxy) is 3. The lowest BCUT2D eigenvalue weighted by Gasteiger charge is -2.21. The van der Waals surface area contributed by atoms with Crippen LogP contribution >= 0.6 is 7.82 Å². The van der Waals surface area contributed by atoms with E-state index < -0.39 is 57.8 Å². The van der Waals surface area contributed by atoms with E-state index in [2.05, 4.69) is 57.2 Å². The molecule has 0 radical (unpaired) electrons. The van der Waals surface area contributed by atoms with Crippen LogP contribution in [-0.4, -0.2) is 66.5 Å². The van der Waals surface area contributed by atoms with E-state index in [4.69, 9.17) is 23.3 Å². The van der Waals surface area contributed by atoms with Gasteiger partial charge >= 0.3 is 25.7 Å². The zero-order valence-corrected chi connectivity index (χ0v) is 50.4. The van der Waals surface area contributed by atoms with Crippen molar-refractivity contribution < 1.29 is 52.2 Å². The van der Waals surface area contributed by atoms with Crippen molar-refractivity contribution in [3.63, 3.8) is 0 Å². The van der Waals surface area contributed by atoms with Gasteiger partial charge in [-0.2, -0.15) is 0 Å². The van der Waals surface area contributed by atoms with Crippen molar-refractivity contribution in [1.29, 1.82) is 0 Å². The Kier molecular flexibility index (Phi) is 57.1. The summed E-state index contributed by atoms with van der Waals surface area (Å²) in [6.07, 6.45) is 62.4. The molecule has 0 rings (SSSR count). The lowest BCUT2D eigenvalue weighted by Crippen LogP contribution is -2.30. The zero-order valence-electron chi connectivity index (χ0n) is 49.5. The van der Waals surface area contributed by atoms with Crippen LogP contribution in [0.4, 0.5) is 0 Å². The van der Waals surface area contributed by atoms with Crippen molar-refractivity contribution in [3.8, 4) is 0 Å². The molecule has 0 aromatic rings. The van der Waals surface area contributed by atoms with E-state index in [1.54, 1.807) is 0 Å². The first-order chi connectivity index (χ1) is 37.2. The smallest absolute Gasteiger partial charge is 0.462 e. The summed E-state index contributed by atoms with van der Waals surface area (Å²) < 4.78 is 39.6. The Morgan fingerprint density at radius 2 is 0.671 bits per heavy atom. The quantitative estimate of drug-likeness (QED) is 0.0197. The number of phosphoric ester groups is 1. The van der Waals surface area contributed by atoms with E-state index in [-0.39, 0.29) is 25.9 Å². The van der Waals surface area contributed by atoms with E-state index in [1.807, 2.05) is 0 Å². The monoisotopic (exact) mass is 1090 g/mol. The Balaban J connectivity index is 4.64. The van der Waals surface area contributed by atoms with E-state index in [0.717, 1.165) is 89.9 Å². The van der Waals surface area contributed by atoms with Crippen LogP contribution in [0.1, 0.15) is 316 Å². The Morgan fingerprint density at radius 3 is 1.04 bits per heavy atom. The molecule has 2 N–H and O–H groups in total. The highest BCUT2D eigenvalue weighted by molar-refractivity contribution is 7.47. The topological polar surface area (TPSA) is 155 Å². The molecule has 0 saturated carbocycles. The third-order valence-electron chi connectivity index (χ3n) is 14.0. The van der Waals surface area contributed by atoms with Crippen LogP contribution in [0.25, 0.3) is 0 Å². The van der Waals surface area contributed by atoms with Crippen molar-refractivity contribution in [2.75, 3.05) is 26.4 Å². The molecule has 3 unspecified atom stereocenters. The number of allylic oxidation sites excluding steroid dienone is 6. The first-order valence-corrected chi connectivity index (χ1v) is 33.4. The average Bonchev–Trinajstić information content (AvgIpc) is 3.41. The standard InChI is InChI=1S/C64H119O11P/c1-4-7-10-13-16-19-22-25-27-29-30-32-34-37-40-43-46-49-52-55-64(68)75-61(57-71-62(66)53-50-47-44-41-38-35-24-21-18-15-12-9-6-3)59-73-76(69,70)72-58-60(56-65)74-63(67)54-51-48-45-42-39-36-33-31-28-26-23-20-17-14-11-8-5-2/h12,15,21,24,26,28,60-61,65H,4-11,13-14,16-20,22-23,25,27,29-59H2,1-3H3,(H,69,70)/b15-12-,24-21-,28-26-. The van der Waals surface area contributed by atoms with Gasteiger partial charge in [0.2, 0.25) is 0 Å². The van der Waals surface area contributed by atoms with Gasteiger partial charge in [0.05, 0.1) is 19.8 Å². The maximum atomic E-state index is 12.9. The second kappa shape index (κ2) is 58.8. The summed E-state index contributed by atoms with van der Waals surface area (Å²) in [6.45, 7) is 4.62. The van der Waals surface area contributed by atoms with E-state index in [9.17, 15) is 28.9 Å². The van der Waals surface area contributed by atoms with E-state index in [1.165, 1.54) is 167 Å². The second-order valence-electron chi connectivity index (χ2n) is 21.6. The molecular formula is C64H119O11P. The molecule has 0 aliphatic carbocycles. The molecule has 0 saturated heterocycles. The molecular weight excluding hydrogens is 976 g/mol. The van der Waals surface area contributed by atoms with Crippen LogP contribution in [0.5, 0.6) is 0 Å². The SMILES string of the molecule is CCC/C=C\C/C=C\CCCCCCCC(=O)OCC(COP(=O)(O)OCC(CO)OC(=O)CCCCCCCCC/C=C\CCCCCCCC)OC(=O)CCCCCCCCCCCCCCCCCCCCC. The van der Waals surface area contributed by atoms with Crippen LogP contribution < -0.4 is 0 Å². The van der Waals surface area contributed by atoms with Crippen molar-refractivity contribution in [2.45, 2.75) is 328 Å². The third-order valence-corrected chi connectivity index (χ3v) is 15.0. The fourth-order valence-electron chi connectivity index (χ4n) is 9.16. The van der Waals surface area contributed by atoms with Gasteiger partial charge in [0.1, 0.15) is 12.7 Å². The maximum Gasteiger partial charge on any atom is 0.472 e. The Hall–Kier alpha value is -2.30. The van der Waals surface area contributed by atoms with Gasteiger partial charge in [-0.15, -0.1) is 0 Å². The highest BCUT2D eigenvalue weighted by Gasteiger charge is 2.28. The van der Waals surface area contributed by atoms with Gasteiger partial charge in [-0.05, 0) is 70.6 Å². The average molecular weight is 1100 g/mol. The second-order valence-corrected chi connectivity index (χ2v) is 23.0. The molecule has 76 heavy (non-hydrogen) atoms. The zero-order chi connectivity index (χ0) is 55.5. The number of hydrogen-bond donors (Lipinski definition) is 2. The molecule has 12 heteroatoms. The molecule has 0 aromatic heterocycles. The Morgan fingerprint density at radius 1 is 0.368 bits per heavy atom. The normalized spacial score (nSPS) is 13.5. The van der Waals surface area contributed by atoms with Gasteiger partial charge < -0.3 is 24.2 Å². The molecule has 0 bridgehead atoms. The number of rotatable bonds is 60. The molecule has 0 fully saturated rings. The summed E-state index contributed by atoms with van der Waals surface area (Å²) in [5.74, 6) is -1.46. The number of hydrogen-bond acceptors (Lipinski definition) is 10. The summed E-state index contributed by atoms with van der Waals surface area (Å²) in [4.78, 5) is 48.7. The number of aliphatic hydroxyl groups is 1. The van der Waals surface area contributed by atoms with Gasteiger partial charge in [0.15, 0.2) is 6.10 Å². The van der Waals surface area contributed by atoms with Crippen LogP contribution in [0, 0.1) is 0 Å². The summed E-state index contributed by atoms with van der Waals surface area (Å²) >= 11 is 0. The molecule has 0 aliphatic rings. The Bertz CT molecular complexity index is 1420. The number of unbranched alkanes of at least 4 members (excludes halogenated alkanes) is 37. The first kappa shape index (κ1) is 73.7. The highest BCUT2D eigenvalue weighted by Crippen LogP contribution is 2.43. The van der Waals surface area contributed by atoms with Gasteiger partial charge in [0.25, 0.3) is 0 Å². The number of esters is 3. The van der Waals surface area contributed by atoms with E-state index in [0.29, 0.717) is 19.3 Å². The van der Waals surface area contributed by atoms with Gasteiger partial charge in [0, 0.05) is 19.3 Å². The summed E-state index contributed by atoms with van der Waals surface area (Å²) in [5.41, 5.74) is 0. The summed E-state index contributed by atoms with van der Waals surface area (Å²) in [6, 6.07) is 0. The molecule has 0 aliphatic heterocycles. The van der Waals surface area contributed by atoms with E-state index >= 15 is 0 Å². The first-order valence-electron chi connectivity index (χ1n) is 31.9. The van der Waals surface area contributed by atoms with Crippen molar-refractivity contribution >= 4 is 25.7 Å². The molecule has 0 aromatic carbocycles. The molecule has 446 valence electrons. The fourth-order valence-corrected chi connectivity index (χ4v) is 9.94. The largest absolute Gasteiger partial charge is 0.472 e. The number of carbonyl (C=O) groups excluding carboxylic acids is 3. The van der Waals surface area contributed by atoms with Gasteiger partial charge in [-0.1, -0.05) is 263 Å². The lowest BCUT2D eigenvalue weighted by atomic mass is 10.0. The molecule has 0 amide bonds. The molecule has 0 spiro atoms. The molecule has 0 heterocycles. The summed E-state index contributed by atoms with van der Waals surface area (Å²) in [5, 5.41) is 9.84. The van der Waals surface area contributed by atoms with Crippen LogP contribution in [0.15, 0.2) is 36.5 Å². The van der Waals surface area contributed by atoms with Gasteiger partial charge in [-0.25, -0.2) is 4.57 Å².